The Kier molecular flexibility index (Phi) is 3.77. The summed E-state index contributed by atoms with van der Waals surface area (Å²) in [7, 11) is 0. The van der Waals surface area contributed by atoms with Crippen LogP contribution in [-0.2, 0) is 9.59 Å². The number of carboxylic acids is 2. The molecule has 4 heteroatoms. The molecule has 4 aliphatic carbocycles. The molecule has 4 saturated carbocycles. The van der Waals surface area contributed by atoms with Gasteiger partial charge in [-0.15, -0.1) is 0 Å². The fraction of sp³-hybridized carbons (Fsp3) is 0.889. The topological polar surface area (TPSA) is 74.6 Å². The van der Waals surface area contributed by atoms with Crippen molar-refractivity contribution in [1.29, 1.82) is 0 Å². The van der Waals surface area contributed by atoms with E-state index in [1.165, 1.54) is 19.3 Å². The molecule has 0 unspecified atom stereocenters. The van der Waals surface area contributed by atoms with Crippen LogP contribution in [0.4, 0.5) is 0 Å². The van der Waals surface area contributed by atoms with Crippen molar-refractivity contribution in [2.24, 2.45) is 34.5 Å². The molecule has 0 radical (unpaired) electrons. The maximum atomic E-state index is 11.6. The van der Waals surface area contributed by atoms with Crippen LogP contribution in [0.2, 0.25) is 0 Å². The molecule has 0 aromatic carbocycles. The van der Waals surface area contributed by atoms with E-state index in [9.17, 15) is 19.8 Å². The zero-order valence-corrected chi connectivity index (χ0v) is 13.7. The van der Waals surface area contributed by atoms with E-state index in [-0.39, 0.29) is 24.2 Å². The first-order valence-corrected chi connectivity index (χ1v) is 8.70. The van der Waals surface area contributed by atoms with Gasteiger partial charge in [0.1, 0.15) is 0 Å². The highest BCUT2D eigenvalue weighted by Crippen LogP contribution is 2.69. The summed E-state index contributed by atoms with van der Waals surface area (Å²) in [5, 5.41) is 19.0. The third kappa shape index (κ3) is 2.35. The molecule has 4 nitrogen and oxygen atoms in total. The molecule has 0 saturated heterocycles. The molecule has 0 spiro atoms. The van der Waals surface area contributed by atoms with E-state index < -0.39 is 17.4 Å². The molecule has 0 aromatic heterocycles. The van der Waals surface area contributed by atoms with Gasteiger partial charge in [-0.25, -0.2) is 0 Å². The largest absolute Gasteiger partial charge is 0.481 e. The number of hydrogen-bond donors (Lipinski definition) is 2. The Morgan fingerprint density at radius 1 is 0.955 bits per heavy atom. The van der Waals surface area contributed by atoms with Gasteiger partial charge in [0.25, 0.3) is 0 Å². The third-order valence-corrected chi connectivity index (χ3v) is 7.13. The summed E-state index contributed by atoms with van der Waals surface area (Å²) < 4.78 is 0. The predicted octanol–water partition coefficient (Wildman–Crippen LogP) is 3.79. The van der Waals surface area contributed by atoms with Gasteiger partial charge in [-0.05, 0) is 73.0 Å². The predicted molar refractivity (Wildman–Crippen MR) is 82.4 cm³/mol. The number of carbonyl (C=O) groups is 2. The minimum absolute atomic E-state index is 0.00310. The first-order valence-electron chi connectivity index (χ1n) is 8.70. The summed E-state index contributed by atoms with van der Waals surface area (Å²) in [4.78, 5) is 23.2. The third-order valence-electron chi connectivity index (χ3n) is 7.13. The highest BCUT2D eigenvalue weighted by atomic mass is 16.4. The van der Waals surface area contributed by atoms with Gasteiger partial charge >= 0.3 is 11.9 Å². The van der Waals surface area contributed by atoms with Crippen LogP contribution in [0.5, 0.6) is 0 Å². The molecule has 22 heavy (non-hydrogen) atoms. The van der Waals surface area contributed by atoms with Gasteiger partial charge in [0.05, 0.1) is 12.8 Å². The summed E-state index contributed by atoms with van der Waals surface area (Å²) in [5.41, 5.74) is -0.659. The van der Waals surface area contributed by atoms with Crippen molar-refractivity contribution < 1.29 is 19.8 Å². The van der Waals surface area contributed by atoms with Crippen LogP contribution < -0.4 is 0 Å². The van der Waals surface area contributed by atoms with E-state index in [0.717, 1.165) is 19.3 Å². The molecule has 0 aliphatic heterocycles. The fourth-order valence-electron chi connectivity index (χ4n) is 6.72. The van der Waals surface area contributed by atoms with Gasteiger partial charge in [0, 0.05) is 0 Å². The van der Waals surface area contributed by atoms with E-state index in [1.54, 1.807) is 0 Å². The fourth-order valence-corrected chi connectivity index (χ4v) is 6.72. The van der Waals surface area contributed by atoms with Gasteiger partial charge in [0.2, 0.25) is 0 Å². The maximum absolute atomic E-state index is 11.6. The van der Waals surface area contributed by atoms with Gasteiger partial charge in [-0.3, -0.25) is 9.59 Å². The first-order chi connectivity index (χ1) is 10.3. The summed E-state index contributed by atoms with van der Waals surface area (Å²) in [5.74, 6) is 0.498. The van der Waals surface area contributed by atoms with E-state index in [4.69, 9.17) is 0 Å². The molecule has 2 N–H and O–H groups in total. The minimum atomic E-state index is -0.842. The van der Waals surface area contributed by atoms with Crippen LogP contribution in [-0.4, -0.2) is 22.2 Å². The van der Waals surface area contributed by atoms with E-state index >= 15 is 0 Å². The lowest BCUT2D eigenvalue weighted by Gasteiger charge is -2.64. The van der Waals surface area contributed by atoms with Crippen LogP contribution in [0, 0.1) is 34.5 Å². The Balaban J connectivity index is 2.03. The number of hydrogen-bond acceptors (Lipinski definition) is 2. The smallest absolute Gasteiger partial charge is 0.303 e. The van der Waals surface area contributed by atoms with Gasteiger partial charge < -0.3 is 10.2 Å². The van der Waals surface area contributed by atoms with Crippen molar-refractivity contribution >= 4 is 11.9 Å². The average molecular weight is 308 g/mol. The second-order valence-corrected chi connectivity index (χ2v) is 8.65. The van der Waals surface area contributed by atoms with Crippen molar-refractivity contribution in [3.05, 3.63) is 0 Å². The maximum Gasteiger partial charge on any atom is 0.303 e. The SMILES string of the molecule is CC(C)C(CC(=O)O)(CC(=O)O)C12CC3CC(CC(C3)C1)C2. The number of rotatable bonds is 6. The van der Waals surface area contributed by atoms with E-state index in [0.29, 0.717) is 17.8 Å². The van der Waals surface area contributed by atoms with Crippen LogP contribution in [0.1, 0.15) is 65.2 Å². The van der Waals surface area contributed by atoms with Crippen molar-refractivity contribution in [1.82, 2.24) is 0 Å². The summed E-state index contributed by atoms with van der Waals surface area (Å²) in [6, 6.07) is 0. The van der Waals surface area contributed by atoms with Gasteiger partial charge in [-0.2, -0.15) is 0 Å². The summed E-state index contributed by atoms with van der Waals surface area (Å²) in [6.45, 7) is 4.06. The summed E-state index contributed by atoms with van der Waals surface area (Å²) >= 11 is 0. The van der Waals surface area contributed by atoms with E-state index in [2.05, 4.69) is 0 Å². The van der Waals surface area contributed by atoms with Crippen LogP contribution in [0.3, 0.4) is 0 Å². The zero-order chi connectivity index (χ0) is 16.1. The normalized spacial score (nSPS) is 36.8. The lowest BCUT2D eigenvalue weighted by molar-refractivity contribution is -0.179. The Labute approximate surface area is 132 Å². The van der Waals surface area contributed by atoms with Gasteiger partial charge in [-0.1, -0.05) is 13.8 Å². The van der Waals surface area contributed by atoms with Crippen molar-refractivity contribution in [2.45, 2.75) is 65.2 Å². The highest BCUT2D eigenvalue weighted by Gasteiger charge is 2.62. The molecule has 4 fully saturated rings. The van der Waals surface area contributed by atoms with Crippen LogP contribution in [0.15, 0.2) is 0 Å². The standard InChI is InChI=1S/C18H28O4/c1-11(2)18(9-15(19)20,10-16(21)22)17-6-12-3-13(7-17)5-14(4-12)8-17/h11-14H,3-10H2,1-2H3,(H,19,20)(H,21,22). The summed E-state index contributed by atoms with van der Waals surface area (Å²) in [6.07, 6.45) is 7.02. The number of aliphatic carboxylic acids is 2. The zero-order valence-electron chi connectivity index (χ0n) is 13.7. The average Bonchev–Trinajstić information content (AvgIpc) is 2.34. The molecule has 4 rings (SSSR count). The van der Waals surface area contributed by atoms with Crippen LogP contribution in [0.25, 0.3) is 0 Å². The minimum Gasteiger partial charge on any atom is -0.481 e. The molecular weight excluding hydrogens is 280 g/mol. The molecule has 0 amide bonds. The molecular formula is C18H28O4. The van der Waals surface area contributed by atoms with Crippen molar-refractivity contribution in [2.75, 3.05) is 0 Å². The first kappa shape index (κ1) is 15.8. The Morgan fingerprint density at radius 3 is 1.59 bits per heavy atom. The monoisotopic (exact) mass is 308 g/mol. The molecule has 124 valence electrons. The Bertz CT molecular complexity index is 428. The molecule has 4 aliphatic rings. The Hall–Kier alpha value is -1.06. The quantitative estimate of drug-likeness (QED) is 0.782. The molecule has 0 aromatic rings. The van der Waals surface area contributed by atoms with Crippen molar-refractivity contribution in [3.63, 3.8) is 0 Å². The van der Waals surface area contributed by atoms with Crippen molar-refractivity contribution in [3.8, 4) is 0 Å². The molecule has 0 heterocycles. The lowest BCUT2D eigenvalue weighted by Crippen LogP contribution is -2.57. The highest BCUT2D eigenvalue weighted by molar-refractivity contribution is 5.72. The van der Waals surface area contributed by atoms with Gasteiger partial charge in [0.15, 0.2) is 0 Å². The lowest BCUT2D eigenvalue weighted by atomic mass is 9.39. The second kappa shape index (κ2) is 5.24. The molecule has 0 atom stereocenters. The Morgan fingerprint density at radius 2 is 1.32 bits per heavy atom. The van der Waals surface area contributed by atoms with E-state index in [1.807, 2.05) is 13.8 Å². The molecule has 4 bridgehead atoms. The second-order valence-electron chi connectivity index (χ2n) is 8.65. The van der Waals surface area contributed by atoms with Crippen LogP contribution >= 0.6 is 0 Å². The number of carboxylic acid groups (broad SMARTS) is 2.